The maximum atomic E-state index is 11.6. The largest absolute Gasteiger partial charge is 0.449 e. The van der Waals surface area contributed by atoms with Crippen LogP contribution in [0.25, 0.3) is 0 Å². The number of carbonyl (C=O) groups is 2. The van der Waals surface area contributed by atoms with Crippen LogP contribution in [0, 0.1) is 5.92 Å². The molecule has 0 saturated carbocycles. The molecular formula is C12H21NO3. The van der Waals surface area contributed by atoms with E-state index < -0.39 is 0 Å². The molecule has 0 aromatic rings. The van der Waals surface area contributed by atoms with Gasteiger partial charge >= 0.3 is 6.09 Å². The molecule has 4 heteroatoms. The zero-order chi connectivity index (χ0) is 12.0. The lowest BCUT2D eigenvalue weighted by Crippen LogP contribution is -2.42. The molecule has 0 spiro atoms. The van der Waals surface area contributed by atoms with Gasteiger partial charge in [0.15, 0.2) is 0 Å². The fraction of sp³-hybridized carbons (Fsp3) is 0.833. The van der Waals surface area contributed by atoms with Crippen LogP contribution < -0.4 is 0 Å². The van der Waals surface area contributed by atoms with E-state index in [9.17, 15) is 9.59 Å². The highest BCUT2D eigenvalue weighted by molar-refractivity contribution is 5.79. The molecule has 1 fully saturated rings. The van der Waals surface area contributed by atoms with Crippen molar-refractivity contribution in [3.63, 3.8) is 0 Å². The summed E-state index contributed by atoms with van der Waals surface area (Å²) in [5.74, 6) is 0.179. The number of unbranched alkanes of at least 4 members (excludes halogenated alkanes) is 1. The number of hydrogen-bond donors (Lipinski definition) is 0. The van der Waals surface area contributed by atoms with Gasteiger partial charge in [-0.2, -0.15) is 0 Å². The van der Waals surface area contributed by atoms with Gasteiger partial charge in [-0.15, -0.1) is 0 Å². The summed E-state index contributed by atoms with van der Waals surface area (Å²) in [4.78, 5) is 24.5. The van der Waals surface area contributed by atoms with E-state index in [1.807, 2.05) is 0 Å². The molecule has 0 aromatic carbocycles. The predicted molar refractivity (Wildman–Crippen MR) is 61.2 cm³/mol. The number of carbonyl (C=O) groups excluding carboxylic acids is 2. The number of rotatable bonds is 4. The number of amides is 1. The molecule has 92 valence electrons. The smallest absolute Gasteiger partial charge is 0.409 e. The van der Waals surface area contributed by atoms with E-state index >= 15 is 0 Å². The van der Waals surface area contributed by atoms with Gasteiger partial charge in [0.25, 0.3) is 0 Å². The van der Waals surface area contributed by atoms with Gasteiger partial charge in [-0.1, -0.05) is 13.3 Å². The lowest BCUT2D eigenvalue weighted by atomic mass is 9.95. The molecule has 0 radical (unpaired) electrons. The van der Waals surface area contributed by atoms with Gasteiger partial charge in [0.2, 0.25) is 0 Å². The molecule has 0 aliphatic carbocycles. The fourth-order valence-corrected chi connectivity index (χ4v) is 1.87. The van der Waals surface area contributed by atoms with Crippen molar-refractivity contribution in [2.24, 2.45) is 5.92 Å². The molecule has 1 amide bonds. The minimum atomic E-state index is -0.264. The second-order valence-corrected chi connectivity index (χ2v) is 4.36. The van der Waals surface area contributed by atoms with E-state index in [1.54, 1.807) is 11.8 Å². The molecule has 0 N–H and O–H groups in total. The molecule has 1 atom stereocenters. The van der Waals surface area contributed by atoms with Gasteiger partial charge in [0, 0.05) is 19.0 Å². The number of ether oxygens (including phenoxy) is 1. The van der Waals surface area contributed by atoms with Crippen LogP contribution in [0.15, 0.2) is 0 Å². The third-order valence-corrected chi connectivity index (χ3v) is 2.98. The van der Waals surface area contributed by atoms with Crippen LogP contribution in [0.1, 0.15) is 39.5 Å². The SMILES string of the molecule is CCCCOC(=O)N1CCCC(C(C)=O)C1. The van der Waals surface area contributed by atoms with Crippen LogP contribution in [0.3, 0.4) is 0 Å². The Morgan fingerprint density at radius 2 is 2.19 bits per heavy atom. The Kier molecular flexibility index (Phi) is 5.29. The minimum Gasteiger partial charge on any atom is -0.449 e. The summed E-state index contributed by atoms with van der Waals surface area (Å²) >= 11 is 0. The number of ketones is 1. The second kappa shape index (κ2) is 6.51. The van der Waals surface area contributed by atoms with Crippen molar-refractivity contribution >= 4 is 11.9 Å². The van der Waals surface area contributed by atoms with Crippen molar-refractivity contribution in [3.05, 3.63) is 0 Å². The van der Waals surface area contributed by atoms with E-state index in [1.165, 1.54) is 0 Å². The normalized spacial score (nSPS) is 20.6. The topological polar surface area (TPSA) is 46.6 Å². The Morgan fingerprint density at radius 3 is 2.81 bits per heavy atom. The van der Waals surface area contributed by atoms with Gasteiger partial charge in [-0.25, -0.2) is 4.79 Å². The molecular weight excluding hydrogens is 206 g/mol. The molecule has 1 saturated heterocycles. The minimum absolute atomic E-state index is 0.00692. The summed E-state index contributed by atoms with van der Waals surface area (Å²) < 4.78 is 5.13. The number of likely N-dealkylation sites (tertiary alicyclic amines) is 1. The van der Waals surface area contributed by atoms with E-state index in [0.29, 0.717) is 13.2 Å². The average Bonchev–Trinajstić information content (AvgIpc) is 2.29. The monoisotopic (exact) mass is 227 g/mol. The third-order valence-electron chi connectivity index (χ3n) is 2.98. The van der Waals surface area contributed by atoms with Crippen LogP contribution in [0.5, 0.6) is 0 Å². The van der Waals surface area contributed by atoms with Crippen molar-refractivity contribution in [2.45, 2.75) is 39.5 Å². The van der Waals surface area contributed by atoms with Gasteiger partial charge in [-0.05, 0) is 26.2 Å². The zero-order valence-electron chi connectivity index (χ0n) is 10.2. The highest BCUT2D eigenvalue weighted by Gasteiger charge is 2.26. The summed E-state index contributed by atoms with van der Waals surface area (Å²) in [5, 5.41) is 0. The van der Waals surface area contributed by atoms with Crippen LogP contribution in [-0.4, -0.2) is 36.5 Å². The Hall–Kier alpha value is -1.06. The summed E-state index contributed by atoms with van der Waals surface area (Å²) in [7, 11) is 0. The lowest BCUT2D eigenvalue weighted by Gasteiger charge is -2.30. The first-order valence-corrected chi connectivity index (χ1v) is 6.07. The zero-order valence-corrected chi connectivity index (χ0v) is 10.2. The average molecular weight is 227 g/mol. The van der Waals surface area contributed by atoms with Crippen molar-refractivity contribution < 1.29 is 14.3 Å². The molecule has 1 aliphatic heterocycles. The molecule has 0 aromatic heterocycles. The van der Waals surface area contributed by atoms with Crippen LogP contribution >= 0.6 is 0 Å². The lowest BCUT2D eigenvalue weighted by molar-refractivity contribution is -0.122. The molecule has 16 heavy (non-hydrogen) atoms. The standard InChI is InChI=1S/C12H21NO3/c1-3-4-8-16-12(15)13-7-5-6-11(9-13)10(2)14/h11H,3-9H2,1-2H3. The molecule has 1 rings (SSSR count). The van der Waals surface area contributed by atoms with E-state index in [2.05, 4.69) is 6.92 Å². The number of Topliss-reactive ketones (excluding diaryl/α,β-unsaturated/α-hetero) is 1. The molecule has 4 nitrogen and oxygen atoms in total. The molecule has 1 heterocycles. The molecule has 1 unspecified atom stereocenters. The second-order valence-electron chi connectivity index (χ2n) is 4.36. The first kappa shape index (κ1) is 13.0. The maximum Gasteiger partial charge on any atom is 0.409 e. The van der Waals surface area contributed by atoms with Crippen LogP contribution in [-0.2, 0) is 9.53 Å². The van der Waals surface area contributed by atoms with Gasteiger partial charge < -0.3 is 9.64 Å². The van der Waals surface area contributed by atoms with E-state index in [0.717, 1.165) is 32.2 Å². The number of hydrogen-bond acceptors (Lipinski definition) is 3. The Labute approximate surface area is 96.9 Å². The third kappa shape index (κ3) is 3.83. The van der Waals surface area contributed by atoms with E-state index in [-0.39, 0.29) is 17.8 Å². The van der Waals surface area contributed by atoms with Crippen LogP contribution in [0.4, 0.5) is 4.79 Å². The quantitative estimate of drug-likeness (QED) is 0.692. The van der Waals surface area contributed by atoms with Crippen molar-refractivity contribution in [2.75, 3.05) is 19.7 Å². The van der Waals surface area contributed by atoms with Crippen molar-refractivity contribution in [3.8, 4) is 0 Å². The highest BCUT2D eigenvalue weighted by atomic mass is 16.6. The summed E-state index contributed by atoms with van der Waals surface area (Å²) in [5.41, 5.74) is 0. The Balaban J connectivity index is 2.35. The molecule has 1 aliphatic rings. The first-order chi connectivity index (χ1) is 7.65. The van der Waals surface area contributed by atoms with Crippen LogP contribution in [0.2, 0.25) is 0 Å². The van der Waals surface area contributed by atoms with Gasteiger partial charge in [0.05, 0.1) is 6.61 Å². The number of nitrogens with zero attached hydrogens (tertiary/aromatic N) is 1. The Bertz CT molecular complexity index is 253. The van der Waals surface area contributed by atoms with Crippen molar-refractivity contribution in [1.82, 2.24) is 4.90 Å². The first-order valence-electron chi connectivity index (χ1n) is 6.07. The number of piperidine rings is 1. The van der Waals surface area contributed by atoms with Crippen molar-refractivity contribution in [1.29, 1.82) is 0 Å². The van der Waals surface area contributed by atoms with E-state index in [4.69, 9.17) is 4.74 Å². The Morgan fingerprint density at radius 1 is 1.44 bits per heavy atom. The highest BCUT2D eigenvalue weighted by Crippen LogP contribution is 2.17. The summed E-state index contributed by atoms with van der Waals surface area (Å²) in [6.45, 7) is 5.38. The molecule has 0 bridgehead atoms. The summed E-state index contributed by atoms with van der Waals surface area (Å²) in [6, 6.07) is 0. The fourth-order valence-electron chi connectivity index (χ4n) is 1.87. The predicted octanol–water partition coefficient (Wildman–Crippen LogP) is 2.22. The van der Waals surface area contributed by atoms with Gasteiger partial charge in [-0.3, -0.25) is 4.79 Å². The summed E-state index contributed by atoms with van der Waals surface area (Å²) in [6.07, 6.45) is 3.44. The van der Waals surface area contributed by atoms with Gasteiger partial charge in [0.1, 0.15) is 5.78 Å². The maximum absolute atomic E-state index is 11.6.